The summed E-state index contributed by atoms with van der Waals surface area (Å²) >= 11 is 0. The van der Waals surface area contributed by atoms with Crippen molar-refractivity contribution in [2.75, 3.05) is 26.9 Å². The van der Waals surface area contributed by atoms with Crippen LogP contribution in [0.15, 0.2) is 23.8 Å². The number of amides is 1. The summed E-state index contributed by atoms with van der Waals surface area (Å²) in [5, 5.41) is 12.1. The van der Waals surface area contributed by atoms with Crippen LogP contribution in [0.4, 0.5) is 0 Å². The highest BCUT2D eigenvalue weighted by atomic mass is 16.5. The van der Waals surface area contributed by atoms with E-state index in [4.69, 9.17) is 14.2 Å². The Morgan fingerprint density at radius 1 is 1.40 bits per heavy atom. The van der Waals surface area contributed by atoms with Crippen LogP contribution in [-0.2, 0) is 14.3 Å². The lowest BCUT2D eigenvalue weighted by atomic mass is 9.93. The molecule has 134 valence electrons. The predicted molar refractivity (Wildman–Crippen MR) is 89.6 cm³/mol. The Hall–Kier alpha value is -2.54. The maximum atomic E-state index is 12.5. The molecule has 1 amide bonds. The van der Waals surface area contributed by atoms with Crippen molar-refractivity contribution in [3.63, 3.8) is 0 Å². The third-order valence-corrected chi connectivity index (χ3v) is 4.44. The quantitative estimate of drug-likeness (QED) is 0.838. The van der Waals surface area contributed by atoms with Crippen molar-refractivity contribution in [2.45, 2.75) is 18.9 Å². The van der Waals surface area contributed by atoms with Gasteiger partial charge in [-0.25, -0.2) is 4.79 Å². The van der Waals surface area contributed by atoms with Crippen molar-refractivity contribution in [3.05, 3.63) is 29.3 Å². The lowest BCUT2D eigenvalue weighted by Crippen LogP contribution is -2.49. The van der Waals surface area contributed by atoms with E-state index in [-0.39, 0.29) is 12.5 Å². The fourth-order valence-electron chi connectivity index (χ4n) is 3.06. The molecule has 0 bridgehead atoms. The monoisotopic (exact) mass is 347 g/mol. The second-order valence-electron chi connectivity index (χ2n) is 6.13. The van der Waals surface area contributed by atoms with E-state index in [9.17, 15) is 14.7 Å². The summed E-state index contributed by atoms with van der Waals surface area (Å²) in [6.45, 7) is 1.07. The van der Waals surface area contributed by atoms with Gasteiger partial charge in [0.15, 0.2) is 0 Å². The Kier molecular flexibility index (Phi) is 5.23. The molecule has 0 aliphatic carbocycles. The van der Waals surface area contributed by atoms with Gasteiger partial charge in [0.2, 0.25) is 0 Å². The summed E-state index contributed by atoms with van der Waals surface area (Å²) < 4.78 is 16.1. The van der Waals surface area contributed by atoms with E-state index < -0.39 is 17.9 Å². The highest BCUT2D eigenvalue weighted by molar-refractivity contribution is 6.00. The van der Waals surface area contributed by atoms with Gasteiger partial charge < -0.3 is 24.6 Å². The van der Waals surface area contributed by atoms with E-state index in [0.717, 1.165) is 12.0 Å². The number of nitrogens with one attached hydrogen (secondary N) is 1. The summed E-state index contributed by atoms with van der Waals surface area (Å²) in [6, 6.07) is 4.35. The van der Waals surface area contributed by atoms with Gasteiger partial charge in [0.05, 0.1) is 19.3 Å². The number of rotatable bonds is 5. The minimum absolute atomic E-state index is 0.0959. The lowest BCUT2D eigenvalue weighted by Gasteiger charge is -2.28. The number of carboxylic acids is 1. The molecule has 7 heteroatoms. The van der Waals surface area contributed by atoms with Gasteiger partial charge in [-0.3, -0.25) is 4.79 Å². The van der Waals surface area contributed by atoms with Crippen molar-refractivity contribution in [1.82, 2.24) is 5.32 Å². The van der Waals surface area contributed by atoms with Crippen LogP contribution in [0.2, 0.25) is 0 Å². The van der Waals surface area contributed by atoms with Gasteiger partial charge in [-0.2, -0.15) is 0 Å². The molecule has 2 atom stereocenters. The van der Waals surface area contributed by atoms with E-state index in [1.165, 1.54) is 0 Å². The Balaban J connectivity index is 1.75. The normalized spacial score (nSPS) is 20.5. The van der Waals surface area contributed by atoms with Crippen molar-refractivity contribution in [1.29, 1.82) is 0 Å². The molecule has 1 aromatic rings. The topological polar surface area (TPSA) is 94.1 Å². The van der Waals surface area contributed by atoms with E-state index in [2.05, 4.69) is 5.32 Å². The lowest BCUT2D eigenvalue weighted by molar-refractivity contribution is -0.144. The zero-order valence-corrected chi connectivity index (χ0v) is 14.0. The number of carbonyl (C=O) groups excluding carboxylic acids is 1. The molecule has 2 aliphatic heterocycles. The third kappa shape index (κ3) is 3.93. The molecule has 2 N–H and O–H groups in total. The molecule has 2 unspecified atom stereocenters. The highest BCUT2D eigenvalue weighted by Crippen LogP contribution is 2.30. The second-order valence-corrected chi connectivity index (χ2v) is 6.13. The Morgan fingerprint density at radius 2 is 2.24 bits per heavy atom. The molecule has 0 radical (unpaired) electrons. The van der Waals surface area contributed by atoms with Crippen LogP contribution in [0.3, 0.4) is 0 Å². The number of carbonyl (C=O) groups is 2. The average Bonchev–Trinajstić information content (AvgIpc) is 2.65. The predicted octanol–water partition coefficient (Wildman–Crippen LogP) is 1.47. The second kappa shape index (κ2) is 7.57. The number of fused-ring (bicyclic) bond motifs is 1. The van der Waals surface area contributed by atoms with Crippen molar-refractivity contribution in [3.8, 4) is 11.5 Å². The number of hydrogen-bond acceptors (Lipinski definition) is 5. The molecule has 0 spiro atoms. The van der Waals surface area contributed by atoms with Gasteiger partial charge >= 0.3 is 5.97 Å². The Bertz CT molecular complexity index is 693. The number of carboxylic acid groups (broad SMARTS) is 1. The van der Waals surface area contributed by atoms with Gasteiger partial charge in [-0.15, -0.1) is 0 Å². The fourth-order valence-corrected chi connectivity index (χ4v) is 3.06. The first-order valence-electron chi connectivity index (χ1n) is 8.21. The van der Waals surface area contributed by atoms with E-state index >= 15 is 0 Å². The van der Waals surface area contributed by atoms with Crippen molar-refractivity contribution in [2.24, 2.45) is 5.92 Å². The van der Waals surface area contributed by atoms with Crippen LogP contribution in [0.5, 0.6) is 11.5 Å². The first-order chi connectivity index (χ1) is 12.1. The SMILES string of the molecule is COc1ccc2c(c1)C=C(C(=O)NC(C(=O)O)C1CCCOC1)CO2. The van der Waals surface area contributed by atoms with E-state index in [0.29, 0.717) is 36.7 Å². The molecule has 2 aliphatic rings. The molecular formula is C18H21NO6. The van der Waals surface area contributed by atoms with Gasteiger partial charge in [-0.05, 0) is 37.1 Å². The number of methoxy groups -OCH3 is 1. The molecule has 25 heavy (non-hydrogen) atoms. The number of hydrogen-bond donors (Lipinski definition) is 2. The van der Waals surface area contributed by atoms with Crippen LogP contribution in [0, 0.1) is 5.92 Å². The van der Waals surface area contributed by atoms with Gasteiger partial charge in [0.25, 0.3) is 5.91 Å². The minimum Gasteiger partial charge on any atom is -0.497 e. The number of ether oxygens (including phenoxy) is 3. The van der Waals surface area contributed by atoms with Crippen LogP contribution in [0.25, 0.3) is 6.08 Å². The average molecular weight is 347 g/mol. The van der Waals surface area contributed by atoms with Gasteiger partial charge in [0, 0.05) is 18.1 Å². The van der Waals surface area contributed by atoms with Crippen molar-refractivity contribution >= 4 is 18.0 Å². The first-order valence-corrected chi connectivity index (χ1v) is 8.21. The van der Waals surface area contributed by atoms with Gasteiger partial charge in [0.1, 0.15) is 24.1 Å². The largest absolute Gasteiger partial charge is 0.497 e. The Morgan fingerprint density at radius 3 is 2.92 bits per heavy atom. The third-order valence-electron chi connectivity index (χ3n) is 4.44. The van der Waals surface area contributed by atoms with E-state index in [1.807, 2.05) is 0 Å². The fraction of sp³-hybridized carbons (Fsp3) is 0.444. The smallest absolute Gasteiger partial charge is 0.326 e. The summed E-state index contributed by atoms with van der Waals surface area (Å²) in [5.41, 5.74) is 1.10. The molecule has 7 nitrogen and oxygen atoms in total. The zero-order chi connectivity index (χ0) is 17.8. The molecule has 1 saturated heterocycles. The summed E-state index contributed by atoms with van der Waals surface area (Å²) in [7, 11) is 1.56. The van der Waals surface area contributed by atoms with E-state index in [1.54, 1.807) is 31.4 Å². The maximum absolute atomic E-state index is 12.5. The highest BCUT2D eigenvalue weighted by Gasteiger charge is 2.32. The zero-order valence-electron chi connectivity index (χ0n) is 14.0. The molecule has 0 aromatic heterocycles. The maximum Gasteiger partial charge on any atom is 0.326 e. The van der Waals surface area contributed by atoms with Gasteiger partial charge in [-0.1, -0.05) is 0 Å². The summed E-state index contributed by atoms with van der Waals surface area (Å²) in [6.07, 6.45) is 3.21. The minimum atomic E-state index is -1.05. The van der Waals surface area contributed by atoms with Crippen LogP contribution >= 0.6 is 0 Å². The molecule has 1 fully saturated rings. The number of aliphatic carboxylic acids is 1. The number of benzene rings is 1. The molecule has 0 saturated carbocycles. The van der Waals surface area contributed by atoms with Crippen LogP contribution < -0.4 is 14.8 Å². The Labute approximate surface area is 145 Å². The molecular weight excluding hydrogens is 326 g/mol. The van der Waals surface area contributed by atoms with Crippen LogP contribution in [-0.4, -0.2) is 50.0 Å². The van der Waals surface area contributed by atoms with Crippen molar-refractivity contribution < 1.29 is 28.9 Å². The molecule has 3 rings (SSSR count). The summed E-state index contributed by atoms with van der Waals surface area (Å²) in [5.74, 6) is -0.404. The molecule has 2 heterocycles. The molecule has 1 aromatic carbocycles. The standard InChI is InChI=1S/C18H21NO6/c1-23-14-4-5-15-12(8-14)7-13(10-25-15)17(20)19-16(18(21)22)11-3-2-6-24-9-11/h4-5,7-8,11,16H,2-3,6,9-10H2,1H3,(H,19,20)(H,21,22). The first kappa shape index (κ1) is 17.3. The summed E-state index contributed by atoms with van der Waals surface area (Å²) in [4.78, 5) is 24.1. The van der Waals surface area contributed by atoms with Crippen LogP contribution in [0.1, 0.15) is 18.4 Å².